The Labute approximate surface area is 44.5 Å². The zero-order valence-corrected chi connectivity index (χ0v) is 5.19. The third kappa shape index (κ3) is 6.29. The van der Waals surface area contributed by atoms with Crippen LogP contribution in [-0.2, 0) is 0 Å². The van der Waals surface area contributed by atoms with Gasteiger partial charge in [0.15, 0.2) is 0 Å². The van der Waals surface area contributed by atoms with E-state index in [2.05, 4.69) is 9.24 Å². The fraction of sp³-hybridized carbons (Fsp3) is 1.00. The summed E-state index contributed by atoms with van der Waals surface area (Å²) in [6.07, 6.45) is -0.670. The lowest BCUT2D eigenvalue weighted by molar-refractivity contribution is 0.137. The van der Waals surface area contributed by atoms with Gasteiger partial charge in [0.25, 0.3) is 0 Å². The van der Waals surface area contributed by atoms with Gasteiger partial charge in [-0.15, -0.1) is 9.24 Å². The number of hydrogen-bond donors (Lipinski definition) is 0. The van der Waals surface area contributed by atoms with Crippen LogP contribution in [0.25, 0.3) is 0 Å². The number of alkyl halides is 2. The van der Waals surface area contributed by atoms with E-state index in [-0.39, 0.29) is 6.42 Å². The molecule has 0 aliphatic rings. The predicted octanol–water partition coefficient (Wildman–Crippen LogP) is 1.91. The molecule has 0 fully saturated rings. The highest BCUT2D eigenvalue weighted by Crippen LogP contribution is 2.03. The molecule has 0 radical (unpaired) electrons. The van der Waals surface area contributed by atoms with Crippen LogP contribution >= 0.6 is 9.24 Å². The minimum atomic E-state index is -2.11. The molecule has 0 nitrogen and oxygen atoms in total. The maximum Gasteiger partial charge on any atom is 0.238 e. The third-order valence-corrected chi connectivity index (χ3v) is 1.03. The second-order valence-corrected chi connectivity index (χ2v) is 1.90. The molecule has 0 bridgehead atoms. The monoisotopic (exact) mass is 126 g/mol. The zero-order valence-electron chi connectivity index (χ0n) is 4.03. The highest BCUT2D eigenvalue weighted by atomic mass is 31.0. The smallest absolute Gasteiger partial charge is 0.211 e. The molecule has 0 heterocycles. The van der Waals surface area contributed by atoms with Crippen molar-refractivity contribution in [1.29, 1.82) is 0 Å². The maximum absolute atomic E-state index is 11.2. The molecule has 7 heavy (non-hydrogen) atoms. The lowest BCUT2D eigenvalue weighted by Gasteiger charge is -1.91. The molecule has 3 heteroatoms. The predicted molar refractivity (Wildman–Crippen MR) is 29.8 cm³/mol. The van der Waals surface area contributed by atoms with Gasteiger partial charge in [-0.3, -0.25) is 0 Å². The highest BCUT2D eigenvalue weighted by molar-refractivity contribution is 7.16. The van der Waals surface area contributed by atoms with E-state index in [0.717, 1.165) is 6.16 Å². The molecule has 0 aliphatic carbocycles. The Hall–Kier alpha value is 0.290. The van der Waals surface area contributed by atoms with E-state index in [9.17, 15) is 8.78 Å². The topological polar surface area (TPSA) is 0 Å². The van der Waals surface area contributed by atoms with E-state index in [1.165, 1.54) is 0 Å². The standard InChI is InChI=1S/C4H9F2P/c5-4(6)2-1-3-7/h4H,1-3,7H2. The molecule has 0 aliphatic heterocycles. The van der Waals surface area contributed by atoms with Crippen molar-refractivity contribution in [2.45, 2.75) is 19.3 Å². The highest BCUT2D eigenvalue weighted by Gasteiger charge is 1.97. The van der Waals surface area contributed by atoms with E-state index in [1.54, 1.807) is 0 Å². The first-order valence-corrected chi connectivity index (χ1v) is 3.07. The van der Waals surface area contributed by atoms with Crippen molar-refractivity contribution >= 4 is 9.24 Å². The molecule has 0 spiro atoms. The van der Waals surface area contributed by atoms with Crippen LogP contribution in [0.1, 0.15) is 12.8 Å². The number of hydrogen-bond acceptors (Lipinski definition) is 0. The van der Waals surface area contributed by atoms with Crippen LogP contribution in [0.15, 0.2) is 0 Å². The van der Waals surface area contributed by atoms with Gasteiger partial charge >= 0.3 is 0 Å². The first kappa shape index (κ1) is 7.29. The first-order valence-electron chi connectivity index (χ1n) is 2.25. The van der Waals surface area contributed by atoms with Crippen LogP contribution in [0.4, 0.5) is 8.78 Å². The van der Waals surface area contributed by atoms with E-state index in [4.69, 9.17) is 0 Å². The quantitative estimate of drug-likeness (QED) is 0.506. The molecule has 1 unspecified atom stereocenters. The average Bonchev–Trinajstić information content (AvgIpc) is 1.61. The van der Waals surface area contributed by atoms with Crippen molar-refractivity contribution in [2.24, 2.45) is 0 Å². The summed E-state index contributed by atoms with van der Waals surface area (Å²) in [5, 5.41) is 0. The molecule has 0 aromatic heterocycles. The van der Waals surface area contributed by atoms with Gasteiger partial charge in [0.2, 0.25) is 6.43 Å². The summed E-state index contributed by atoms with van der Waals surface area (Å²) in [5.74, 6) is 0. The Morgan fingerprint density at radius 1 is 1.43 bits per heavy atom. The van der Waals surface area contributed by atoms with Crippen LogP contribution in [0.5, 0.6) is 0 Å². The van der Waals surface area contributed by atoms with Crippen molar-refractivity contribution < 1.29 is 8.78 Å². The van der Waals surface area contributed by atoms with Crippen LogP contribution in [0.2, 0.25) is 0 Å². The van der Waals surface area contributed by atoms with Crippen molar-refractivity contribution in [3.8, 4) is 0 Å². The third-order valence-electron chi connectivity index (χ3n) is 0.626. The van der Waals surface area contributed by atoms with Gasteiger partial charge in [-0.05, 0) is 12.6 Å². The van der Waals surface area contributed by atoms with E-state index in [0.29, 0.717) is 6.42 Å². The van der Waals surface area contributed by atoms with Crippen LogP contribution in [0.3, 0.4) is 0 Å². The first-order chi connectivity index (χ1) is 3.27. The van der Waals surface area contributed by atoms with E-state index < -0.39 is 6.43 Å². The second kappa shape index (κ2) is 4.45. The summed E-state index contributed by atoms with van der Waals surface area (Å²) in [6.45, 7) is 0. The summed E-state index contributed by atoms with van der Waals surface area (Å²) in [4.78, 5) is 0. The summed E-state index contributed by atoms with van der Waals surface area (Å²) in [5.41, 5.74) is 0. The average molecular weight is 126 g/mol. The SMILES string of the molecule is FC(F)CCCP. The van der Waals surface area contributed by atoms with Crippen LogP contribution < -0.4 is 0 Å². The largest absolute Gasteiger partial charge is 0.238 e. The Kier molecular flexibility index (Phi) is 4.63. The Morgan fingerprint density at radius 2 is 2.00 bits per heavy atom. The minimum Gasteiger partial charge on any atom is -0.211 e. The van der Waals surface area contributed by atoms with Crippen molar-refractivity contribution in [1.82, 2.24) is 0 Å². The molecule has 0 aromatic carbocycles. The van der Waals surface area contributed by atoms with Gasteiger partial charge < -0.3 is 0 Å². The Balaban J connectivity index is 2.68. The second-order valence-electron chi connectivity index (χ2n) is 1.32. The van der Waals surface area contributed by atoms with Crippen LogP contribution in [0, 0.1) is 0 Å². The normalized spacial score (nSPS) is 10.3. The fourth-order valence-corrected chi connectivity index (χ4v) is 0.508. The van der Waals surface area contributed by atoms with Gasteiger partial charge in [0, 0.05) is 6.42 Å². The number of rotatable bonds is 3. The van der Waals surface area contributed by atoms with Gasteiger partial charge in [0.1, 0.15) is 0 Å². The lowest BCUT2D eigenvalue weighted by Crippen LogP contribution is -1.88. The Bertz CT molecular complexity index is 38.7. The van der Waals surface area contributed by atoms with E-state index in [1.807, 2.05) is 0 Å². The molecule has 0 saturated heterocycles. The number of halogens is 2. The lowest BCUT2D eigenvalue weighted by atomic mass is 10.4. The molecular formula is C4H9F2P. The summed E-state index contributed by atoms with van der Waals surface area (Å²) >= 11 is 0. The molecule has 0 aromatic rings. The maximum atomic E-state index is 11.2. The van der Waals surface area contributed by atoms with Gasteiger partial charge in [-0.25, -0.2) is 8.78 Å². The summed E-state index contributed by atoms with van der Waals surface area (Å²) < 4.78 is 22.4. The van der Waals surface area contributed by atoms with Crippen molar-refractivity contribution in [3.63, 3.8) is 0 Å². The summed E-state index contributed by atoms with van der Waals surface area (Å²) in [6, 6.07) is 0. The summed E-state index contributed by atoms with van der Waals surface area (Å²) in [7, 11) is 2.41. The van der Waals surface area contributed by atoms with Crippen molar-refractivity contribution in [3.05, 3.63) is 0 Å². The molecule has 0 amide bonds. The van der Waals surface area contributed by atoms with Crippen LogP contribution in [-0.4, -0.2) is 12.6 Å². The molecule has 0 saturated carbocycles. The zero-order chi connectivity index (χ0) is 5.70. The Morgan fingerprint density at radius 3 is 2.14 bits per heavy atom. The van der Waals surface area contributed by atoms with Gasteiger partial charge in [-0.2, -0.15) is 0 Å². The molecule has 44 valence electrons. The fourth-order valence-electron chi connectivity index (χ4n) is 0.272. The molecule has 1 atom stereocenters. The molecule has 0 rings (SSSR count). The minimum absolute atomic E-state index is 0.0451. The van der Waals surface area contributed by atoms with Gasteiger partial charge in [-0.1, -0.05) is 0 Å². The van der Waals surface area contributed by atoms with E-state index >= 15 is 0 Å². The van der Waals surface area contributed by atoms with Gasteiger partial charge in [0.05, 0.1) is 0 Å². The molecular weight excluding hydrogens is 117 g/mol. The molecule has 0 N–H and O–H groups in total. The van der Waals surface area contributed by atoms with Crippen molar-refractivity contribution in [2.75, 3.05) is 6.16 Å².